The first kappa shape index (κ1) is 17.8. The van der Waals surface area contributed by atoms with E-state index in [1.165, 1.54) is 18.4 Å². The van der Waals surface area contributed by atoms with Gasteiger partial charge in [0.25, 0.3) is 0 Å². The van der Waals surface area contributed by atoms with Gasteiger partial charge in [-0.05, 0) is 59.0 Å². The van der Waals surface area contributed by atoms with Crippen LogP contribution in [0, 0.1) is 0 Å². The van der Waals surface area contributed by atoms with Crippen LogP contribution in [0.3, 0.4) is 0 Å². The maximum atomic E-state index is 12.2. The van der Waals surface area contributed by atoms with E-state index in [2.05, 4.69) is 31.5 Å². The summed E-state index contributed by atoms with van der Waals surface area (Å²) in [5.74, 6) is 0. The second kappa shape index (κ2) is 7.55. The van der Waals surface area contributed by atoms with Gasteiger partial charge in [0.1, 0.15) is 0 Å². The molecule has 1 atom stereocenters. The van der Waals surface area contributed by atoms with Gasteiger partial charge in [-0.3, -0.25) is 9.69 Å². The van der Waals surface area contributed by atoms with Crippen LogP contribution in [0.2, 0.25) is 5.02 Å². The van der Waals surface area contributed by atoms with Crippen LogP contribution in [0.1, 0.15) is 18.4 Å². The zero-order valence-corrected chi connectivity index (χ0v) is 16.7. The minimum Gasteiger partial charge on any atom is -0.333 e. The molecule has 1 saturated heterocycles. The number of pyridine rings is 1. The van der Waals surface area contributed by atoms with Crippen molar-refractivity contribution in [2.45, 2.75) is 32.0 Å². The molecule has 2 aromatic carbocycles. The first-order chi connectivity index (χ1) is 12.6. The fourth-order valence-electron chi connectivity index (χ4n) is 3.87. The van der Waals surface area contributed by atoms with E-state index in [4.69, 9.17) is 11.6 Å². The monoisotopic (exact) mass is 430 g/mol. The van der Waals surface area contributed by atoms with Gasteiger partial charge in [-0.15, -0.1) is 0 Å². The lowest BCUT2D eigenvalue weighted by Crippen LogP contribution is -2.33. The Kier molecular flexibility index (Phi) is 5.16. The van der Waals surface area contributed by atoms with Crippen molar-refractivity contribution in [1.82, 2.24) is 9.47 Å². The number of para-hydroxylation sites is 1. The summed E-state index contributed by atoms with van der Waals surface area (Å²) in [4.78, 5) is 14.7. The third-order valence-electron chi connectivity index (χ3n) is 5.19. The quantitative estimate of drug-likeness (QED) is 0.575. The molecule has 1 aromatic heterocycles. The van der Waals surface area contributed by atoms with Gasteiger partial charge < -0.3 is 4.57 Å². The Labute approximate surface area is 166 Å². The smallest absolute Gasteiger partial charge is 0.189 e. The van der Waals surface area contributed by atoms with Gasteiger partial charge in [0.05, 0.1) is 12.2 Å². The minimum absolute atomic E-state index is 0.0617. The average molecular weight is 432 g/mol. The van der Waals surface area contributed by atoms with Crippen molar-refractivity contribution >= 4 is 38.4 Å². The maximum Gasteiger partial charge on any atom is 0.189 e. The van der Waals surface area contributed by atoms with Gasteiger partial charge in [-0.25, -0.2) is 0 Å². The predicted molar refractivity (Wildman–Crippen MR) is 111 cm³/mol. The Morgan fingerprint density at radius 2 is 1.96 bits per heavy atom. The Morgan fingerprint density at radius 1 is 1.12 bits per heavy atom. The van der Waals surface area contributed by atoms with Gasteiger partial charge in [-0.2, -0.15) is 0 Å². The third kappa shape index (κ3) is 3.46. The molecule has 3 nitrogen and oxygen atoms in total. The SMILES string of the molecule is O=c1ccn(CN2CCCC2Cc2ccccc2Cl)c2c(Br)cccc12. The molecule has 1 aliphatic heterocycles. The molecule has 0 spiro atoms. The van der Waals surface area contributed by atoms with Crippen molar-refractivity contribution in [3.05, 3.63) is 80.0 Å². The van der Waals surface area contributed by atoms with Crippen LogP contribution >= 0.6 is 27.5 Å². The summed E-state index contributed by atoms with van der Waals surface area (Å²) in [5, 5.41) is 1.60. The number of likely N-dealkylation sites (tertiary alicyclic amines) is 1. The second-order valence-electron chi connectivity index (χ2n) is 6.83. The topological polar surface area (TPSA) is 25.2 Å². The lowest BCUT2D eigenvalue weighted by molar-refractivity contribution is 0.202. The van der Waals surface area contributed by atoms with E-state index in [1.54, 1.807) is 6.07 Å². The Balaban J connectivity index is 1.63. The number of rotatable bonds is 4. The molecule has 0 aliphatic carbocycles. The molecule has 0 bridgehead atoms. The molecule has 3 aromatic rings. The molecular formula is C21H20BrClN2O. The number of halogens is 2. The van der Waals surface area contributed by atoms with Gasteiger partial charge in [0.2, 0.25) is 0 Å². The Bertz CT molecular complexity index is 1000. The van der Waals surface area contributed by atoms with Crippen LogP contribution < -0.4 is 5.43 Å². The van der Waals surface area contributed by atoms with Crippen molar-refractivity contribution < 1.29 is 0 Å². The highest BCUT2D eigenvalue weighted by molar-refractivity contribution is 9.10. The molecule has 5 heteroatoms. The average Bonchev–Trinajstić information content (AvgIpc) is 3.06. The molecule has 0 saturated carbocycles. The number of nitrogens with zero attached hydrogens (tertiary/aromatic N) is 2. The number of benzene rings is 2. The summed E-state index contributed by atoms with van der Waals surface area (Å²) in [5.41, 5.74) is 2.23. The Hall–Kier alpha value is -1.62. The van der Waals surface area contributed by atoms with Gasteiger partial charge in [0, 0.05) is 39.7 Å². The van der Waals surface area contributed by atoms with Crippen LogP contribution in [0.15, 0.2) is 64.0 Å². The first-order valence-electron chi connectivity index (χ1n) is 8.88. The summed E-state index contributed by atoms with van der Waals surface area (Å²) in [6.45, 7) is 1.84. The molecule has 26 heavy (non-hydrogen) atoms. The van der Waals surface area contributed by atoms with Crippen molar-refractivity contribution in [2.75, 3.05) is 6.54 Å². The van der Waals surface area contributed by atoms with E-state index in [1.807, 2.05) is 42.6 Å². The summed E-state index contributed by atoms with van der Waals surface area (Å²) >= 11 is 9.98. The van der Waals surface area contributed by atoms with E-state index in [0.717, 1.165) is 40.0 Å². The second-order valence-corrected chi connectivity index (χ2v) is 8.09. The highest BCUT2D eigenvalue weighted by Crippen LogP contribution is 2.27. The highest BCUT2D eigenvalue weighted by Gasteiger charge is 2.25. The number of fused-ring (bicyclic) bond motifs is 1. The minimum atomic E-state index is 0.0617. The van der Waals surface area contributed by atoms with E-state index >= 15 is 0 Å². The molecule has 0 radical (unpaired) electrons. The fraction of sp³-hybridized carbons (Fsp3) is 0.286. The van der Waals surface area contributed by atoms with Crippen LogP contribution in [0.4, 0.5) is 0 Å². The number of hydrogen-bond acceptors (Lipinski definition) is 2. The molecule has 1 fully saturated rings. The molecular weight excluding hydrogens is 412 g/mol. The normalized spacial score (nSPS) is 17.8. The highest BCUT2D eigenvalue weighted by atomic mass is 79.9. The van der Waals surface area contributed by atoms with Crippen LogP contribution in [-0.2, 0) is 13.1 Å². The van der Waals surface area contributed by atoms with E-state index in [0.29, 0.717) is 6.04 Å². The van der Waals surface area contributed by atoms with Crippen molar-refractivity contribution in [1.29, 1.82) is 0 Å². The van der Waals surface area contributed by atoms with E-state index in [-0.39, 0.29) is 5.43 Å². The summed E-state index contributed by atoms with van der Waals surface area (Å²) in [6.07, 6.45) is 5.22. The molecule has 0 N–H and O–H groups in total. The molecule has 4 rings (SSSR count). The standard InChI is InChI=1S/C21H20BrClN2O/c22-18-8-3-7-17-20(26)10-12-25(21(17)18)14-24-11-4-6-16(24)13-15-5-1-2-9-19(15)23/h1-3,5,7-10,12,16H,4,6,11,13-14H2. The van der Waals surface area contributed by atoms with E-state index in [9.17, 15) is 4.79 Å². The zero-order valence-electron chi connectivity index (χ0n) is 14.4. The molecule has 1 aliphatic rings. The van der Waals surface area contributed by atoms with Crippen molar-refractivity contribution in [3.8, 4) is 0 Å². The largest absolute Gasteiger partial charge is 0.333 e. The van der Waals surface area contributed by atoms with E-state index < -0.39 is 0 Å². The molecule has 0 amide bonds. The van der Waals surface area contributed by atoms with Crippen molar-refractivity contribution in [3.63, 3.8) is 0 Å². The van der Waals surface area contributed by atoms with Crippen LogP contribution in [0.5, 0.6) is 0 Å². The maximum absolute atomic E-state index is 12.2. The van der Waals surface area contributed by atoms with Gasteiger partial charge >= 0.3 is 0 Å². The number of aromatic nitrogens is 1. The van der Waals surface area contributed by atoms with Crippen molar-refractivity contribution in [2.24, 2.45) is 0 Å². The molecule has 134 valence electrons. The first-order valence-corrected chi connectivity index (χ1v) is 10.1. The van der Waals surface area contributed by atoms with Crippen LogP contribution in [0.25, 0.3) is 10.9 Å². The lowest BCUT2D eigenvalue weighted by atomic mass is 10.0. The zero-order chi connectivity index (χ0) is 18.1. The molecule has 2 heterocycles. The summed E-state index contributed by atoms with van der Waals surface area (Å²) in [7, 11) is 0. The van der Waals surface area contributed by atoms with Gasteiger partial charge in [-0.1, -0.05) is 35.9 Å². The number of hydrogen-bond donors (Lipinski definition) is 0. The summed E-state index contributed by atoms with van der Waals surface area (Å²) < 4.78 is 3.13. The lowest BCUT2D eigenvalue weighted by Gasteiger charge is -2.27. The van der Waals surface area contributed by atoms with Crippen LogP contribution in [-0.4, -0.2) is 22.1 Å². The van der Waals surface area contributed by atoms with Gasteiger partial charge in [0.15, 0.2) is 5.43 Å². The predicted octanol–water partition coefficient (Wildman–Crippen LogP) is 5.08. The molecule has 1 unspecified atom stereocenters. The third-order valence-corrected chi connectivity index (χ3v) is 6.20. The Morgan fingerprint density at radius 3 is 2.81 bits per heavy atom. The fourth-order valence-corrected chi connectivity index (χ4v) is 4.68. The summed E-state index contributed by atoms with van der Waals surface area (Å²) in [6, 6.07) is 16.0.